The van der Waals surface area contributed by atoms with Gasteiger partial charge in [-0.15, -0.1) is 0 Å². The maximum absolute atomic E-state index is 12.6. The van der Waals surface area contributed by atoms with Crippen LogP contribution in [0.1, 0.15) is 37.4 Å². The highest BCUT2D eigenvalue weighted by atomic mass is 19.3. The zero-order valence-electron chi connectivity index (χ0n) is 8.37. The lowest BCUT2D eigenvalue weighted by atomic mass is 9.93. The van der Waals surface area contributed by atoms with Crippen molar-refractivity contribution in [1.82, 2.24) is 0 Å². The molecule has 0 aliphatic carbocycles. The fourth-order valence-electron chi connectivity index (χ4n) is 1.37. The summed E-state index contributed by atoms with van der Waals surface area (Å²) >= 11 is 0. The summed E-state index contributed by atoms with van der Waals surface area (Å²) in [5, 5.41) is 0. The zero-order chi connectivity index (χ0) is 10.7. The molecule has 1 aromatic rings. The lowest BCUT2D eigenvalue weighted by Crippen LogP contribution is -2.18. The average molecular weight is 199 g/mol. The van der Waals surface area contributed by atoms with Gasteiger partial charge < -0.3 is 5.73 Å². The SMILES string of the molecule is CC(C)C(N)c1ccccc1C(F)F. The number of nitrogens with two attached hydrogens (primary N) is 1. The Kier molecular flexibility index (Phi) is 3.58. The highest BCUT2D eigenvalue weighted by Gasteiger charge is 2.18. The van der Waals surface area contributed by atoms with Gasteiger partial charge >= 0.3 is 0 Å². The first-order chi connectivity index (χ1) is 6.54. The molecule has 1 aromatic carbocycles. The molecule has 78 valence electrons. The van der Waals surface area contributed by atoms with E-state index in [0.717, 1.165) is 0 Å². The number of benzene rings is 1. The van der Waals surface area contributed by atoms with E-state index in [1.165, 1.54) is 6.07 Å². The molecule has 1 unspecified atom stereocenters. The monoisotopic (exact) mass is 199 g/mol. The van der Waals surface area contributed by atoms with Crippen LogP contribution in [-0.4, -0.2) is 0 Å². The van der Waals surface area contributed by atoms with Crippen molar-refractivity contribution in [1.29, 1.82) is 0 Å². The number of alkyl halides is 2. The molecule has 14 heavy (non-hydrogen) atoms. The van der Waals surface area contributed by atoms with Gasteiger partial charge in [0.15, 0.2) is 0 Å². The van der Waals surface area contributed by atoms with Gasteiger partial charge in [0, 0.05) is 11.6 Å². The maximum atomic E-state index is 12.6. The van der Waals surface area contributed by atoms with Gasteiger partial charge in [-0.1, -0.05) is 38.1 Å². The van der Waals surface area contributed by atoms with Crippen molar-refractivity contribution in [3.8, 4) is 0 Å². The minimum Gasteiger partial charge on any atom is -0.324 e. The van der Waals surface area contributed by atoms with E-state index < -0.39 is 6.43 Å². The van der Waals surface area contributed by atoms with Crippen LogP contribution >= 0.6 is 0 Å². The third-order valence-corrected chi connectivity index (χ3v) is 2.31. The van der Waals surface area contributed by atoms with Gasteiger partial charge in [-0.05, 0) is 11.5 Å². The fraction of sp³-hybridized carbons (Fsp3) is 0.455. The third-order valence-electron chi connectivity index (χ3n) is 2.31. The minimum atomic E-state index is -2.45. The lowest BCUT2D eigenvalue weighted by molar-refractivity contribution is 0.149. The molecule has 1 atom stereocenters. The molecule has 0 aliphatic heterocycles. The van der Waals surface area contributed by atoms with Crippen LogP contribution in [0.3, 0.4) is 0 Å². The van der Waals surface area contributed by atoms with Gasteiger partial charge in [-0.2, -0.15) is 0 Å². The van der Waals surface area contributed by atoms with Crippen molar-refractivity contribution in [2.24, 2.45) is 11.7 Å². The van der Waals surface area contributed by atoms with Crippen LogP contribution in [0.4, 0.5) is 8.78 Å². The Morgan fingerprint density at radius 3 is 2.00 bits per heavy atom. The van der Waals surface area contributed by atoms with E-state index in [9.17, 15) is 8.78 Å². The summed E-state index contributed by atoms with van der Waals surface area (Å²) in [4.78, 5) is 0. The summed E-state index contributed by atoms with van der Waals surface area (Å²) in [6.45, 7) is 3.85. The van der Waals surface area contributed by atoms with Crippen LogP contribution in [0.25, 0.3) is 0 Å². The van der Waals surface area contributed by atoms with Crippen LogP contribution in [0.5, 0.6) is 0 Å². The average Bonchev–Trinajstić information content (AvgIpc) is 2.16. The van der Waals surface area contributed by atoms with E-state index in [0.29, 0.717) is 5.56 Å². The largest absolute Gasteiger partial charge is 0.324 e. The Morgan fingerprint density at radius 2 is 1.57 bits per heavy atom. The van der Waals surface area contributed by atoms with Crippen molar-refractivity contribution >= 4 is 0 Å². The molecule has 0 aliphatic rings. The third kappa shape index (κ3) is 2.29. The highest BCUT2D eigenvalue weighted by Crippen LogP contribution is 2.29. The number of halogens is 2. The molecule has 0 amide bonds. The molecule has 0 bridgehead atoms. The van der Waals surface area contributed by atoms with E-state index in [1.807, 2.05) is 13.8 Å². The maximum Gasteiger partial charge on any atom is 0.264 e. The van der Waals surface area contributed by atoms with Crippen LogP contribution in [-0.2, 0) is 0 Å². The molecule has 0 heterocycles. The molecule has 1 rings (SSSR count). The second-order valence-electron chi connectivity index (χ2n) is 3.70. The summed E-state index contributed by atoms with van der Waals surface area (Å²) < 4.78 is 25.2. The number of hydrogen-bond acceptors (Lipinski definition) is 1. The lowest BCUT2D eigenvalue weighted by Gasteiger charge is -2.19. The smallest absolute Gasteiger partial charge is 0.264 e. The predicted octanol–water partition coefficient (Wildman–Crippen LogP) is 3.28. The van der Waals surface area contributed by atoms with E-state index in [2.05, 4.69) is 0 Å². The van der Waals surface area contributed by atoms with Crippen molar-refractivity contribution < 1.29 is 8.78 Å². The Balaban J connectivity index is 3.06. The van der Waals surface area contributed by atoms with Crippen LogP contribution < -0.4 is 5.73 Å². The zero-order valence-corrected chi connectivity index (χ0v) is 8.37. The summed E-state index contributed by atoms with van der Waals surface area (Å²) in [7, 11) is 0. The fourth-order valence-corrected chi connectivity index (χ4v) is 1.37. The van der Waals surface area contributed by atoms with Crippen LogP contribution in [0.2, 0.25) is 0 Å². The van der Waals surface area contributed by atoms with Gasteiger partial charge in [-0.25, -0.2) is 8.78 Å². The first-order valence-corrected chi connectivity index (χ1v) is 4.66. The van der Waals surface area contributed by atoms with Gasteiger partial charge in [0.2, 0.25) is 0 Å². The Morgan fingerprint density at radius 1 is 1.07 bits per heavy atom. The standard InChI is InChI=1S/C11H15F2N/c1-7(2)10(14)8-5-3-4-6-9(8)11(12)13/h3-7,10-11H,14H2,1-2H3. The second kappa shape index (κ2) is 4.51. The molecule has 1 nitrogen and oxygen atoms in total. The van der Waals surface area contributed by atoms with E-state index >= 15 is 0 Å². The van der Waals surface area contributed by atoms with E-state index in [-0.39, 0.29) is 17.5 Å². The van der Waals surface area contributed by atoms with Gasteiger partial charge in [-0.3, -0.25) is 0 Å². The molecule has 3 heteroatoms. The van der Waals surface area contributed by atoms with E-state index in [4.69, 9.17) is 5.73 Å². The molecule has 0 spiro atoms. The molecule has 0 fully saturated rings. The van der Waals surface area contributed by atoms with Crippen molar-refractivity contribution in [3.05, 3.63) is 35.4 Å². The number of rotatable bonds is 3. The minimum absolute atomic E-state index is 0.0497. The number of hydrogen-bond donors (Lipinski definition) is 1. The van der Waals surface area contributed by atoms with E-state index in [1.54, 1.807) is 18.2 Å². The van der Waals surface area contributed by atoms with Crippen LogP contribution in [0, 0.1) is 5.92 Å². The van der Waals surface area contributed by atoms with Crippen molar-refractivity contribution in [2.45, 2.75) is 26.3 Å². The van der Waals surface area contributed by atoms with Crippen molar-refractivity contribution in [2.75, 3.05) is 0 Å². The van der Waals surface area contributed by atoms with Gasteiger partial charge in [0.05, 0.1) is 0 Å². The van der Waals surface area contributed by atoms with Crippen molar-refractivity contribution in [3.63, 3.8) is 0 Å². The summed E-state index contributed by atoms with van der Waals surface area (Å²) in [5.74, 6) is 0.162. The first kappa shape index (κ1) is 11.1. The normalized spacial score (nSPS) is 13.6. The first-order valence-electron chi connectivity index (χ1n) is 4.66. The summed E-state index contributed by atoms with van der Waals surface area (Å²) in [6.07, 6.45) is -2.45. The molecule has 0 aromatic heterocycles. The predicted molar refractivity (Wildman–Crippen MR) is 53.2 cm³/mol. The molecule has 0 saturated carbocycles. The van der Waals surface area contributed by atoms with Gasteiger partial charge in [0.1, 0.15) is 0 Å². The van der Waals surface area contributed by atoms with Crippen LogP contribution in [0.15, 0.2) is 24.3 Å². The topological polar surface area (TPSA) is 26.0 Å². The molecule has 0 radical (unpaired) electrons. The quantitative estimate of drug-likeness (QED) is 0.794. The summed E-state index contributed by atoms with van der Waals surface area (Å²) in [5.41, 5.74) is 6.45. The Hall–Kier alpha value is -0.960. The molecule has 2 N–H and O–H groups in total. The highest BCUT2D eigenvalue weighted by molar-refractivity contribution is 5.31. The Labute approximate surface area is 82.9 Å². The Bertz CT molecular complexity index is 297. The molecular formula is C11H15F2N. The second-order valence-corrected chi connectivity index (χ2v) is 3.70. The molecule has 0 saturated heterocycles. The summed E-state index contributed by atoms with van der Waals surface area (Å²) in [6, 6.07) is 6.14. The van der Waals surface area contributed by atoms with Gasteiger partial charge in [0.25, 0.3) is 6.43 Å². The molecular weight excluding hydrogens is 184 g/mol.